The smallest absolute Gasteiger partial charge is 0.198 e. The van der Waals surface area contributed by atoms with Crippen molar-refractivity contribution in [2.24, 2.45) is 17.6 Å². The molecule has 0 bridgehead atoms. The van der Waals surface area contributed by atoms with Crippen molar-refractivity contribution in [3.8, 4) is 5.75 Å². The maximum absolute atomic E-state index is 5.98. The summed E-state index contributed by atoms with van der Waals surface area (Å²) in [5, 5.41) is 0. The van der Waals surface area contributed by atoms with Crippen molar-refractivity contribution in [1.82, 2.24) is 0 Å². The summed E-state index contributed by atoms with van der Waals surface area (Å²) in [6, 6.07) is 6.31. The van der Waals surface area contributed by atoms with Gasteiger partial charge in [0, 0.05) is 0 Å². The summed E-state index contributed by atoms with van der Waals surface area (Å²) in [6.07, 6.45) is 1.42. The molecule has 0 radical (unpaired) electrons. The van der Waals surface area contributed by atoms with Crippen LogP contribution in [-0.2, 0) is 17.6 Å². The fraction of sp³-hybridized carbons (Fsp3) is 0.667. The fourth-order valence-corrected chi connectivity index (χ4v) is 2.50. The van der Waals surface area contributed by atoms with Crippen molar-refractivity contribution in [1.29, 1.82) is 0 Å². The van der Waals surface area contributed by atoms with Gasteiger partial charge in [0.25, 0.3) is 0 Å². The predicted molar refractivity (Wildman–Crippen MR) is 95.6 cm³/mol. The van der Waals surface area contributed by atoms with Crippen LogP contribution in [0.2, 0.25) is 0 Å². The Morgan fingerprint density at radius 2 is 1.55 bits per heavy atom. The molecule has 0 aliphatic heterocycles. The summed E-state index contributed by atoms with van der Waals surface area (Å²) in [5.41, 5.74) is 8.35. The van der Waals surface area contributed by atoms with Crippen LogP contribution in [0.1, 0.15) is 52.7 Å². The van der Waals surface area contributed by atoms with E-state index in [1.165, 1.54) is 11.1 Å². The molecule has 0 saturated heterocycles. The summed E-state index contributed by atoms with van der Waals surface area (Å²) in [6.45, 7) is 12.7. The van der Waals surface area contributed by atoms with E-state index in [9.17, 15) is 0 Å². The Bertz CT molecular complexity index is 433. The fourth-order valence-electron chi connectivity index (χ4n) is 2.50. The van der Waals surface area contributed by atoms with Crippen molar-refractivity contribution in [3.63, 3.8) is 0 Å². The molecule has 0 heterocycles. The third kappa shape index (κ3) is 7.48. The molecule has 0 amide bonds. The predicted octanol–water partition coefficient (Wildman–Crippen LogP) is 4.55. The highest BCUT2D eigenvalue weighted by Gasteiger charge is 2.15. The van der Waals surface area contributed by atoms with E-state index in [0.717, 1.165) is 18.6 Å². The molecular weight excluding hydrogens is 298 g/mol. The molecule has 1 aromatic carbocycles. The average Bonchev–Trinajstić information content (AvgIpc) is 2.30. The summed E-state index contributed by atoms with van der Waals surface area (Å²) < 4.78 is 11.5. The van der Waals surface area contributed by atoms with Crippen LogP contribution in [0.15, 0.2) is 18.2 Å². The number of ether oxygens (including phenoxy) is 2. The average molecular weight is 330 g/mol. The summed E-state index contributed by atoms with van der Waals surface area (Å²) in [4.78, 5) is 0. The standard InChI is InChI=1S/C18H31NO2.ClH/c1-12(2)10-16-8-7-9-18(17(16)11-13(3)4)21-15(6)20-14(5)19;/h7-9,12-15H,10-11,19H2,1-6H3;1H. The maximum atomic E-state index is 5.98. The molecule has 0 saturated carbocycles. The van der Waals surface area contributed by atoms with Gasteiger partial charge in [0.1, 0.15) is 12.0 Å². The van der Waals surface area contributed by atoms with Crippen LogP contribution in [0.5, 0.6) is 5.75 Å². The lowest BCUT2D eigenvalue weighted by atomic mass is 9.92. The Morgan fingerprint density at radius 1 is 0.955 bits per heavy atom. The number of hydrogen-bond donors (Lipinski definition) is 1. The van der Waals surface area contributed by atoms with E-state index < -0.39 is 0 Å². The monoisotopic (exact) mass is 329 g/mol. The SMILES string of the molecule is CC(C)Cc1cccc(OC(C)OC(C)N)c1CC(C)C.Cl. The minimum absolute atomic E-state index is 0. The second-order valence-electron chi connectivity index (χ2n) is 6.62. The summed E-state index contributed by atoms with van der Waals surface area (Å²) >= 11 is 0. The highest BCUT2D eigenvalue weighted by Crippen LogP contribution is 2.28. The summed E-state index contributed by atoms with van der Waals surface area (Å²) in [7, 11) is 0. The van der Waals surface area contributed by atoms with Gasteiger partial charge in [0.2, 0.25) is 0 Å². The van der Waals surface area contributed by atoms with Crippen LogP contribution >= 0.6 is 12.4 Å². The number of nitrogens with two attached hydrogens (primary N) is 1. The molecule has 1 aromatic rings. The van der Waals surface area contributed by atoms with Gasteiger partial charge >= 0.3 is 0 Å². The van der Waals surface area contributed by atoms with Gasteiger partial charge in [0.15, 0.2) is 6.29 Å². The zero-order chi connectivity index (χ0) is 16.0. The Kier molecular flexibility index (Phi) is 9.74. The highest BCUT2D eigenvalue weighted by molar-refractivity contribution is 5.85. The van der Waals surface area contributed by atoms with Gasteiger partial charge < -0.3 is 15.2 Å². The van der Waals surface area contributed by atoms with E-state index in [2.05, 4.69) is 39.8 Å². The summed E-state index contributed by atoms with van der Waals surface area (Å²) in [5.74, 6) is 2.14. The Hall–Kier alpha value is -0.770. The second kappa shape index (κ2) is 10.1. The quantitative estimate of drug-likeness (QED) is 0.711. The van der Waals surface area contributed by atoms with Crippen molar-refractivity contribution < 1.29 is 9.47 Å². The van der Waals surface area contributed by atoms with Gasteiger partial charge in [-0.3, -0.25) is 0 Å². The zero-order valence-electron chi connectivity index (χ0n) is 14.8. The van der Waals surface area contributed by atoms with Gasteiger partial charge in [-0.05, 0) is 55.7 Å². The zero-order valence-corrected chi connectivity index (χ0v) is 15.6. The van der Waals surface area contributed by atoms with E-state index >= 15 is 0 Å². The Balaban J connectivity index is 0.00000441. The molecule has 2 unspecified atom stereocenters. The Morgan fingerprint density at radius 3 is 2.05 bits per heavy atom. The van der Waals surface area contributed by atoms with Crippen LogP contribution in [0.4, 0.5) is 0 Å². The molecule has 0 spiro atoms. The minimum Gasteiger partial charge on any atom is -0.465 e. The molecule has 0 aromatic heterocycles. The third-order valence-electron chi connectivity index (χ3n) is 3.17. The molecule has 0 aliphatic carbocycles. The molecule has 22 heavy (non-hydrogen) atoms. The topological polar surface area (TPSA) is 44.5 Å². The lowest BCUT2D eigenvalue weighted by molar-refractivity contribution is -0.0994. The number of hydrogen-bond acceptors (Lipinski definition) is 3. The highest BCUT2D eigenvalue weighted by atomic mass is 35.5. The first-order valence-corrected chi connectivity index (χ1v) is 7.98. The molecule has 2 atom stereocenters. The van der Waals surface area contributed by atoms with Gasteiger partial charge in [-0.1, -0.05) is 39.8 Å². The van der Waals surface area contributed by atoms with Crippen LogP contribution < -0.4 is 10.5 Å². The lowest BCUT2D eigenvalue weighted by Gasteiger charge is -2.22. The van der Waals surface area contributed by atoms with Crippen LogP contribution in [-0.4, -0.2) is 12.5 Å². The van der Waals surface area contributed by atoms with Crippen molar-refractivity contribution in [2.75, 3.05) is 0 Å². The van der Waals surface area contributed by atoms with Crippen molar-refractivity contribution in [3.05, 3.63) is 29.3 Å². The van der Waals surface area contributed by atoms with Crippen molar-refractivity contribution >= 4 is 12.4 Å². The van der Waals surface area contributed by atoms with Gasteiger partial charge in [-0.2, -0.15) is 0 Å². The molecule has 3 nitrogen and oxygen atoms in total. The lowest BCUT2D eigenvalue weighted by Crippen LogP contribution is -2.28. The number of benzene rings is 1. The molecule has 128 valence electrons. The van der Waals surface area contributed by atoms with Crippen LogP contribution in [0.25, 0.3) is 0 Å². The normalized spacial score (nSPS) is 13.9. The van der Waals surface area contributed by atoms with Gasteiger partial charge in [0.05, 0.1) is 0 Å². The third-order valence-corrected chi connectivity index (χ3v) is 3.17. The Labute approximate surface area is 142 Å². The van der Waals surface area contributed by atoms with Crippen molar-refractivity contribution in [2.45, 2.75) is 66.9 Å². The van der Waals surface area contributed by atoms with Crippen LogP contribution in [0, 0.1) is 11.8 Å². The van der Waals surface area contributed by atoms with E-state index in [-0.39, 0.29) is 24.9 Å². The van der Waals surface area contributed by atoms with E-state index in [1.807, 2.05) is 19.9 Å². The first-order valence-electron chi connectivity index (χ1n) is 7.98. The van der Waals surface area contributed by atoms with Gasteiger partial charge in [-0.15, -0.1) is 12.4 Å². The number of halogens is 1. The number of rotatable bonds is 8. The van der Waals surface area contributed by atoms with E-state index in [4.69, 9.17) is 15.2 Å². The first-order chi connectivity index (χ1) is 9.79. The van der Waals surface area contributed by atoms with Crippen LogP contribution in [0.3, 0.4) is 0 Å². The second-order valence-corrected chi connectivity index (χ2v) is 6.62. The molecule has 4 heteroatoms. The van der Waals surface area contributed by atoms with Gasteiger partial charge in [-0.25, -0.2) is 0 Å². The minimum atomic E-state index is -0.342. The molecule has 0 aliphatic rings. The molecule has 1 rings (SSSR count). The largest absolute Gasteiger partial charge is 0.465 e. The first kappa shape index (κ1) is 21.2. The van der Waals surface area contributed by atoms with E-state index in [1.54, 1.807) is 0 Å². The molecule has 0 fully saturated rings. The molecule has 2 N–H and O–H groups in total. The van der Waals surface area contributed by atoms with E-state index in [0.29, 0.717) is 11.8 Å². The molecular formula is C18H32ClNO2. The maximum Gasteiger partial charge on any atom is 0.198 e.